The highest BCUT2D eigenvalue weighted by Gasteiger charge is 2.21. The summed E-state index contributed by atoms with van der Waals surface area (Å²) in [6, 6.07) is 0.595. The van der Waals surface area contributed by atoms with Gasteiger partial charge in [-0.05, 0) is 6.42 Å². The normalized spacial score (nSPS) is 23.2. The van der Waals surface area contributed by atoms with E-state index in [1.165, 1.54) is 0 Å². The molecule has 2 heterocycles. The largest absolute Gasteiger partial charge is 0.340 e. The zero-order valence-corrected chi connectivity index (χ0v) is 9.36. The van der Waals surface area contributed by atoms with Crippen LogP contribution in [0.25, 0.3) is 0 Å². The lowest BCUT2D eigenvalue weighted by molar-refractivity contribution is 0.144. The van der Waals surface area contributed by atoms with E-state index in [2.05, 4.69) is 27.3 Å². The Kier molecular flexibility index (Phi) is 3.33. The van der Waals surface area contributed by atoms with E-state index >= 15 is 0 Å². The number of piperazine rings is 1. The number of nitrogens with zero attached hydrogens (tertiary/aromatic N) is 3. The lowest BCUT2D eigenvalue weighted by Gasteiger charge is -2.34. The zero-order valence-electron chi connectivity index (χ0n) is 9.36. The van der Waals surface area contributed by atoms with Crippen molar-refractivity contribution in [3.63, 3.8) is 0 Å². The van der Waals surface area contributed by atoms with Gasteiger partial charge < -0.3 is 9.84 Å². The van der Waals surface area contributed by atoms with E-state index in [0.717, 1.165) is 38.4 Å². The summed E-state index contributed by atoms with van der Waals surface area (Å²) in [6.07, 6.45) is 1.16. The molecule has 1 saturated heterocycles. The maximum absolute atomic E-state index is 4.97. The monoisotopic (exact) mass is 210 g/mol. The second kappa shape index (κ2) is 4.72. The quantitative estimate of drug-likeness (QED) is 0.790. The molecule has 1 unspecified atom stereocenters. The standard InChI is InChI=1S/C10H18N4O/c1-3-9-6-11-4-5-14(9)7-10-12-8(2)15-13-10/h9,11H,3-7H2,1-2H3. The maximum atomic E-state index is 4.97. The molecule has 0 aliphatic carbocycles. The lowest BCUT2D eigenvalue weighted by atomic mass is 10.1. The second-order valence-corrected chi connectivity index (χ2v) is 3.97. The van der Waals surface area contributed by atoms with Gasteiger partial charge in [-0.25, -0.2) is 0 Å². The molecule has 1 aromatic rings. The van der Waals surface area contributed by atoms with Gasteiger partial charge >= 0.3 is 0 Å². The van der Waals surface area contributed by atoms with E-state index in [4.69, 9.17) is 4.52 Å². The van der Waals surface area contributed by atoms with E-state index in [1.807, 2.05) is 6.92 Å². The van der Waals surface area contributed by atoms with Crippen LogP contribution in [0.1, 0.15) is 25.1 Å². The van der Waals surface area contributed by atoms with Crippen molar-refractivity contribution in [2.75, 3.05) is 19.6 Å². The van der Waals surface area contributed by atoms with Gasteiger partial charge in [-0.15, -0.1) is 0 Å². The highest BCUT2D eigenvalue weighted by molar-refractivity contribution is 4.87. The highest BCUT2D eigenvalue weighted by atomic mass is 16.5. The molecule has 0 aromatic carbocycles. The average Bonchev–Trinajstić information content (AvgIpc) is 2.65. The van der Waals surface area contributed by atoms with Gasteiger partial charge in [0.15, 0.2) is 5.82 Å². The van der Waals surface area contributed by atoms with Crippen LogP contribution in [-0.2, 0) is 6.54 Å². The molecule has 1 aliphatic rings. The van der Waals surface area contributed by atoms with Crippen LogP contribution in [0.2, 0.25) is 0 Å². The summed E-state index contributed by atoms with van der Waals surface area (Å²) in [5.41, 5.74) is 0. The first-order valence-corrected chi connectivity index (χ1v) is 5.53. The van der Waals surface area contributed by atoms with Crippen molar-refractivity contribution in [3.8, 4) is 0 Å². The minimum Gasteiger partial charge on any atom is -0.340 e. The van der Waals surface area contributed by atoms with Crippen molar-refractivity contribution in [3.05, 3.63) is 11.7 Å². The Hall–Kier alpha value is -0.940. The van der Waals surface area contributed by atoms with Crippen LogP contribution in [0.5, 0.6) is 0 Å². The fourth-order valence-electron chi connectivity index (χ4n) is 2.00. The highest BCUT2D eigenvalue weighted by Crippen LogP contribution is 2.10. The molecular weight excluding hydrogens is 192 g/mol. The molecule has 5 heteroatoms. The Balaban J connectivity index is 1.97. The summed E-state index contributed by atoms with van der Waals surface area (Å²) in [4.78, 5) is 6.65. The summed E-state index contributed by atoms with van der Waals surface area (Å²) in [7, 11) is 0. The van der Waals surface area contributed by atoms with Crippen LogP contribution in [0.4, 0.5) is 0 Å². The van der Waals surface area contributed by atoms with Crippen LogP contribution in [0.3, 0.4) is 0 Å². The van der Waals surface area contributed by atoms with Crippen molar-refractivity contribution in [1.29, 1.82) is 0 Å². The third-order valence-electron chi connectivity index (χ3n) is 2.86. The first-order valence-electron chi connectivity index (χ1n) is 5.53. The third-order valence-corrected chi connectivity index (χ3v) is 2.86. The van der Waals surface area contributed by atoms with Gasteiger partial charge in [-0.2, -0.15) is 4.98 Å². The molecule has 1 fully saturated rings. The fourth-order valence-corrected chi connectivity index (χ4v) is 2.00. The molecule has 2 rings (SSSR count). The van der Waals surface area contributed by atoms with Crippen LogP contribution in [0, 0.1) is 6.92 Å². The summed E-state index contributed by atoms with van der Waals surface area (Å²) in [6.45, 7) is 8.02. The van der Waals surface area contributed by atoms with Crippen LogP contribution in [-0.4, -0.2) is 40.7 Å². The minimum absolute atomic E-state index is 0.595. The lowest BCUT2D eigenvalue weighted by Crippen LogP contribution is -2.50. The van der Waals surface area contributed by atoms with Crippen molar-refractivity contribution >= 4 is 0 Å². The summed E-state index contributed by atoms with van der Waals surface area (Å²) in [5.74, 6) is 1.45. The van der Waals surface area contributed by atoms with Gasteiger partial charge in [-0.1, -0.05) is 12.1 Å². The SMILES string of the molecule is CCC1CNCCN1Cc1noc(C)n1. The van der Waals surface area contributed by atoms with Crippen LogP contribution < -0.4 is 5.32 Å². The van der Waals surface area contributed by atoms with Gasteiger partial charge in [0.25, 0.3) is 0 Å². The first-order chi connectivity index (χ1) is 7.29. The predicted molar refractivity (Wildman–Crippen MR) is 56.4 cm³/mol. The number of hydrogen-bond donors (Lipinski definition) is 1. The molecule has 0 saturated carbocycles. The van der Waals surface area contributed by atoms with E-state index in [-0.39, 0.29) is 0 Å². The Morgan fingerprint density at radius 3 is 3.13 bits per heavy atom. The van der Waals surface area contributed by atoms with E-state index in [1.54, 1.807) is 0 Å². The molecule has 1 aromatic heterocycles. The molecule has 1 atom stereocenters. The summed E-state index contributed by atoms with van der Waals surface area (Å²) < 4.78 is 4.97. The van der Waals surface area contributed by atoms with Gasteiger partial charge in [0.2, 0.25) is 5.89 Å². The first kappa shape index (κ1) is 10.6. The molecule has 0 bridgehead atoms. The Labute approximate surface area is 89.8 Å². The van der Waals surface area contributed by atoms with Crippen LogP contribution in [0.15, 0.2) is 4.52 Å². The number of rotatable bonds is 3. The molecule has 0 spiro atoms. The van der Waals surface area contributed by atoms with Gasteiger partial charge in [0, 0.05) is 32.6 Å². The molecular formula is C10H18N4O. The van der Waals surface area contributed by atoms with Crippen molar-refractivity contribution < 1.29 is 4.52 Å². The minimum atomic E-state index is 0.595. The van der Waals surface area contributed by atoms with Crippen LogP contribution >= 0.6 is 0 Å². The number of aryl methyl sites for hydroxylation is 1. The second-order valence-electron chi connectivity index (χ2n) is 3.97. The molecule has 5 nitrogen and oxygen atoms in total. The van der Waals surface area contributed by atoms with Gasteiger partial charge in [0.05, 0.1) is 6.54 Å². The van der Waals surface area contributed by atoms with Crippen molar-refractivity contribution in [2.45, 2.75) is 32.9 Å². The maximum Gasteiger partial charge on any atom is 0.223 e. The molecule has 1 N–H and O–H groups in total. The average molecular weight is 210 g/mol. The third kappa shape index (κ3) is 2.54. The molecule has 0 amide bonds. The van der Waals surface area contributed by atoms with E-state index < -0.39 is 0 Å². The number of hydrogen-bond acceptors (Lipinski definition) is 5. The van der Waals surface area contributed by atoms with Crippen molar-refractivity contribution in [1.82, 2.24) is 20.4 Å². The fraction of sp³-hybridized carbons (Fsp3) is 0.800. The Bertz CT molecular complexity index is 312. The van der Waals surface area contributed by atoms with E-state index in [0.29, 0.717) is 11.9 Å². The predicted octanol–water partition coefficient (Wildman–Crippen LogP) is 0.562. The molecule has 0 radical (unpaired) electrons. The van der Waals surface area contributed by atoms with E-state index in [9.17, 15) is 0 Å². The molecule has 15 heavy (non-hydrogen) atoms. The topological polar surface area (TPSA) is 54.2 Å². The van der Waals surface area contributed by atoms with Crippen molar-refractivity contribution in [2.24, 2.45) is 0 Å². The molecule has 84 valence electrons. The summed E-state index contributed by atoms with van der Waals surface area (Å²) >= 11 is 0. The number of aromatic nitrogens is 2. The summed E-state index contributed by atoms with van der Waals surface area (Å²) in [5, 5.41) is 7.33. The smallest absolute Gasteiger partial charge is 0.223 e. The molecule has 1 aliphatic heterocycles. The Morgan fingerprint density at radius 1 is 1.60 bits per heavy atom. The van der Waals surface area contributed by atoms with Gasteiger partial charge in [-0.3, -0.25) is 4.90 Å². The zero-order chi connectivity index (χ0) is 10.7. The Morgan fingerprint density at radius 2 is 2.47 bits per heavy atom. The van der Waals surface area contributed by atoms with Gasteiger partial charge in [0.1, 0.15) is 0 Å². The number of nitrogens with one attached hydrogen (secondary N) is 1.